The number of hydrogen-bond donors (Lipinski definition) is 2. The lowest BCUT2D eigenvalue weighted by Crippen LogP contribution is -2.27. The van der Waals surface area contributed by atoms with Gasteiger partial charge in [0.2, 0.25) is 0 Å². The number of hydrogen-bond acceptors (Lipinski definition) is 2. The third kappa shape index (κ3) is 3.96. The molecule has 0 aliphatic rings. The molecule has 0 aliphatic heterocycles. The maximum atomic E-state index is 12.1. The fourth-order valence-corrected chi connectivity index (χ4v) is 1.99. The minimum Gasteiger partial charge on any atom is -0.477 e. The molecule has 1 amide bonds. The molecule has 22 heavy (non-hydrogen) atoms. The number of carboxylic acids is 1. The number of carbonyl (C=O) groups is 2. The number of amides is 1. The molecule has 0 saturated heterocycles. The van der Waals surface area contributed by atoms with Gasteiger partial charge < -0.3 is 10.4 Å². The lowest BCUT2D eigenvalue weighted by atomic mass is 10.1. The third-order valence-electron chi connectivity index (χ3n) is 3.00. The summed E-state index contributed by atoms with van der Waals surface area (Å²) in [5.74, 6) is -1.72. The summed E-state index contributed by atoms with van der Waals surface area (Å²) in [4.78, 5) is 23.4. The minimum atomic E-state index is -1.24. The van der Waals surface area contributed by atoms with Crippen LogP contribution >= 0.6 is 11.6 Å². The van der Waals surface area contributed by atoms with Crippen LogP contribution in [-0.4, -0.2) is 17.0 Å². The fraction of sp³-hybridized carbons (Fsp3) is 0.0588. The van der Waals surface area contributed by atoms with Crippen molar-refractivity contribution in [2.45, 2.75) is 6.92 Å². The summed E-state index contributed by atoms with van der Waals surface area (Å²) in [6, 6.07) is 13.6. The summed E-state index contributed by atoms with van der Waals surface area (Å²) >= 11 is 5.99. The Bertz CT molecular complexity index is 736. The van der Waals surface area contributed by atoms with Crippen molar-refractivity contribution in [3.8, 4) is 0 Å². The first kappa shape index (κ1) is 15.8. The largest absolute Gasteiger partial charge is 0.477 e. The zero-order valence-electron chi connectivity index (χ0n) is 11.8. The molecule has 2 rings (SSSR count). The van der Waals surface area contributed by atoms with Crippen LogP contribution in [0.5, 0.6) is 0 Å². The molecular weight excluding hydrogens is 302 g/mol. The number of aryl methyl sites for hydroxylation is 1. The van der Waals surface area contributed by atoms with Crippen LogP contribution in [0, 0.1) is 6.92 Å². The lowest BCUT2D eigenvalue weighted by Gasteiger charge is -2.07. The molecule has 0 atom stereocenters. The smallest absolute Gasteiger partial charge is 0.352 e. The van der Waals surface area contributed by atoms with Crippen LogP contribution in [0.3, 0.4) is 0 Å². The van der Waals surface area contributed by atoms with E-state index in [-0.39, 0.29) is 5.70 Å². The highest BCUT2D eigenvalue weighted by Crippen LogP contribution is 2.18. The van der Waals surface area contributed by atoms with Crippen LogP contribution in [0.2, 0.25) is 5.02 Å². The quantitative estimate of drug-likeness (QED) is 0.849. The molecule has 0 spiro atoms. The van der Waals surface area contributed by atoms with Crippen molar-refractivity contribution in [1.29, 1.82) is 0 Å². The van der Waals surface area contributed by atoms with Crippen LogP contribution in [0.4, 0.5) is 0 Å². The Balaban J connectivity index is 2.26. The summed E-state index contributed by atoms with van der Waals surface area (Å²) in [7, 11) is 0. The molecule has 0 fully saturated rings. The summed E-state index contributed by atoms with van der Waals surface area (Å²) in [5, 5.41) is 12.0. The van der Waals surface area contributed by atoms with Gasteiger partial charge in [-0.15, -0.1) is 0 Å². The van der Waals surface area contributed by atoms with Gasteiger partial charge in [-0.2, -0.15) is 0 Å². The van der Waals surface area contributed by atoms with Gasteiger partial charge in [0.25, 0.3) is 5.91 Å². The van der Waals surface area contributed by atoms with Gasteiger partial charge in [0.05, 0.1) is 0 Å². The topological polar surface area (TPSA) is 66.4 Å². The van der Waals surface area contributed by atoms with E-state index >= 15 is 0 Å². The molecular formula is C17H14ClNO3. The SMILES string of the molecule is Cc1ccc(C(=O)N/C(=C/c2ccccc2Cl)C(=O)O)cc1. The molecule has 5 heteroatoms. The van der Waals surface area contributed by atoms with Crippen molar-refractivity contribution in [3.05, 3.63) is 75.9 Å². The standard InChI is InChI=1S/C17H14ClNO3/c1-11-6-8-12(9-7-11)16(20)19-15(17(21)22)10-13-4-2-3-5-14(13)18/h2-10H,1H3,(H,19,20)(H,21,22)/b15-10+. The predicted octanol–water partition coefficient (Wildman–Crippen LogP) is 3.50. The first-order valence-corrected chi connectivity index (χ1v) is 6.92. The van der Waals surface area contributed by atoms with E-state index in [2.05, 4.69) is 5.32 Å². The second kappa shape index (κ2) is 6.91. The molecule has 0 heterocycles. The number of rotatable bonds is 4. The molecule has 2 aromatic rings. The van der Waals surface area contributed by atoms with Crippen molar-refractivity contribution in [3.63, 3.8) is 0 Å². The zero-order chi connectivity index (χ0) is 16.1. The Morgan fingerprint density at radius 2 is 1.73 bits per heavy atom. The maximum absolute atomic E-state index is 12.1. The second-order valence-electron chi connectivity index (χ2n) is 4.70. The van der Waals surface area contributed by atoms with Crippen molar-refractivity contribution >= 4 is 29.6 Å². The number of carboxylic acid groups (broad SMARTS) is 1. The third-order valence-corrected chi connectivity index (χ3v) is 3.34. The Labute approximate surface area is 133 Å². The first-order valence-electron chi connectivity index (χ1n) is 6.55. The van der Waals surface area contributed by atoms with Crippen LogP contribution in [-0.2, 0) is 4.79 Å². The average molecular weight is 316 g/mol. The fourth-order valence-electron chi connectivity index (χ4n) is 1.80. The second-order valence-corrected chi connectivity index (χ2v) is 5.11. The number of halogens is 1. The van der Waals surface area contributed by atoms with Gasteiger partial charge >= 0.3 is 5.97 Å². The Kier molecular flexibility index (Phi) is 4.96. The van der Waals surface area contributed by atoms with E-state index < -0.39 is 11.9 Å². The molecule has 2 N–H and O–H groups in total. The van der Waals surface area contributed by atoms with Crippen LogP contribution in [0.15, 0.2) is 54.2 Å². The van der Waals surface area contributed by atoms with Gasteiger partial charge in [0, 0.05) is 10.6 Å². The monoisotopic (exact) mass is 315 g/mol. The van der Waals surface area contributed by atoms with E-state index in [1.807, 2.05) is 6.92 Å². The lowest BCUT2D eigenvalue weighted by molar-refractivity contribution is -0.132. The van der Waals surface area contributed by atoms with Gasteiger partial charge in [-0.3, -0.25) is 4.79 Å². The molecule has 0 aliphatic carbocycles. The Morgan fingerprint density at radius 1 is 1.09 bits per heavy atom. The number of nitrogens with one attached hydrogen (secondary N) is 1. The highest BCUT2D eigenvalue weighted by molar-refractivity contribution is 6.32. The Hall–Kier alpha value is -2.59. The van der Waals surface area contributed by atoms with Crippen molar-refractivity contribution < 1.29 is 14.7 Å². The van der Waals surface area contributed by atoms with Gasteiger partial charge in [0.1, 0.15) is 5.70 Å². The van der Waals surface area contributed by atoms with Crippen molar-refractivity contribution in [2.24, 2.45) is 0 Å². The normalized spacial score (nSPS) is 11.1. The highest BCUT2D eigenvalue weighted by Gasteiger charge is 2.13. The van der Waals surface area contributed by atoms with E-state index in [9.17, 15) is 14.7 Å². The summed E-state index contributed by atoms with van der Waals surface area (Å²) < 4.78 is 0. The van der Waals surface area contributed by atoms with Crippen LogP contribution in [0.25, 0.3) is 6.08 Å². The molecule has 0 aromatic heterocycles. The number of benzene rings is 2. The number of aliphatic carboxylic acids is 1. The first-order chi connectivity index (χ1) is 10.5. The van der Waals surface area contributed by atoms with Gasteiger partial charge in [-0.1, -0.05) is 47.5 Å². The van der Waals surface area contributed by atoms with Crippen LogP contribution < -0.4 is 5.32 Å². The molecule has 2 aromatic carbocycles. The van der Waals surface area contributed by atoms with E-state index in [0.29, 0.717) is 16.1 Å². The average Bonchev–Trinajstić information content (AvgIpc) is 2.49. The summed E-state index contributed by atoms with van der Waals surface area (Å²) in [5.41, 5.74) is 1.68. The Morgan fingerprint density at radius 3 is 2.32 bits per heavy atom. The molecule has 0 bridgehead atoms. The molecule has 112 valence electrons. The minimum absolute atomic E-state index is 0.237. The predicted molar refractivity (Wildman–Crippen MR) is 85.7 cm³/mol. The zero-order valence-corrected chi connectivity index (χ0v) is 12.6. The van der Waals surface area contributed by atoms with Gasteiger partial charge in [-0.25, -0.2) is 4.79 Å². The van der Waals surface area contributed by atoms with E-state index in [1.165, 1.54) is 6.08 Å². The molecule has 4 nitrogen and oxygen atoms in total. The van der Waals surface area contributed by atoms with E-state index in [4.69, 9.17) is 11.6 Å². The van der Waals surface area contributed by atoms with Crippen molar-refractivity contribution in [2.75, 3.05) is 0 Å². The van der Waals surface area contributed by atoms with E-state index in [1.54, 1.807) is 48.5 Å². The van der Waals surface area contributed by atoms with E-state index in [0.717, 1.165) is 5.56 Å². The summed E-state index contributed by atoms with van der Waals surface area (Å²) in [6.07, 6.45) is 1.33. The maximum Gasteiger partial charge on any atom is 0.352 e. The summed E-state index contributed by atoms with van der Waals surface area (Å²) in [6.45, 7) is 1.90. The highest BCUT2D eigenvalue weighted by atomic mass is 35.5. The van der Waals surface area contributed by atoms with Crippen molar-refractivity contribution in [1.82, 2.24) is 5.32 Å². The number of carbonyl (C=O) groups excluding carboxylic acids is 1. The van der Waals surface area contributed by atoms with Crippen LogP contribution in [0.1, 0.15) is 21.5 Å². The molecule has 0 saturated carbocycles. The van der Waals surface area contributed by atoms with Gasteiger partial charge in [0.15, 0.2) is 0 Å². The van der Waals surface area contributed by atoms with Gasteiger partial charge in [-0.05, 0) is 36.8 Å². The molecule has 0 unspecified atom stereocenters. The molecule has 0 radical (unpaired) electrons.